The van der Waals surface area contributed by atoms with Crippen LogP contribution in [0.1, 0.15) is 18.3 Å². The first-order valence-corrected chi connectivity index (χ1v) is 4.58. The van der Waals surface area contributed by atoms with E-state index in [0.29, 0.717) is 6.54 Å². The maximum Gasteiger partial charge on any atom is 0.396 e. The molecule has 0 unspecified atom stereocenters. The molecule has 0 radical (unpaired) electrons. The molecule has 15 heavy (non-hydrogen) atoms. The summed E-state index contributed by atoms with van der Waals surface area (Å²) in [6.45, 7) is 3.31. The zero-order chi connectivity index (χ0) is 11.3. The highest BCUT2D eigenvalue weighted by molar-refractivity contribution is 5.05. The average Bonchev–Trinajstić information content (AvgIpc) is 2.14. The van der Waals surface area contributed by atoms with Gasteiger partial charge >= 0.3 is 6.18 Å². The lowest BCUT2D eigenvalue weighted by Crippen LogP contribution is -2.15. The lowest BCUT2D eigenvalue weighted by atomic mass is 10.3. The van der Waals surface area contributed by atoms with Crippen LogP contribution >= 0.6 is 0 Å². The predicted octanol–water partition coefficient (Wildman–Crippen LogP) is 1.69. The van der Waals surface area contributed by atoms with E-state index in [2.05, 4.69) is 15.3 Å². The first kappa shape index (κ1) is 11.9. The van der Waals surface area contributed by atoms with Crippen molar-refractivity contribution in [2.24, 2.45) is 0 Å². The summed E-state index contributed by atoms with van der Waals surface area (Å²) >= 11 is 0. The number of rotatable bonds is 4. The topological polar surface area (TPSA) is 37.8 Å². The second-order valence-corrected chi connectivity index (χ2v) is 3.08. The molecule has 0 saturated heterocycles. The number of halogens is 3. The van der Waals surface area contributed by atoms with Crippen molar-refractivity contribution in [3.63, 3.8) is 0 Å². The molecule has 0 aromatic carbocycles. The third kappa shape index (κ3) is 4.73. The molecule has 0 aliphatic rings. The fraction of sp³-hybridized carbons (Fsp3) is 0.556. The van der Waals surface area contributed by atoms with E-state index in [1.54, 1.807) is 0 Å². The molecule has 6 heteroatoms. The smallest absolute Gasteiger partial charge is 0.313 e. The summed E-state index contributed by atoms with van der Waals surface area (Å²) in [6, 6.07) is 0. The highest BCUT2D eigenvalue weighted by Crippen LogP contribution is 2.18. The Hall–Kier alpha value is -1.17. The minimum Gasteiger partial charge on any atom is -0.313 e. The number of alkyl halides is 3. The van der Waals surface area contributed by atoms with Crippen LogP contribution in [0.3, 0.4) is 0 Å². The third-order valence-corrected chi connectivity index (χ3v) is 1.70. The molecule has 1 aromatic rings. The maximum atomic E-state index is 12.0. The summed E-state index contributed by atoms with van der Waals surface area (Å²) in [5.41, 5.74) is 0.780. The van der Waals surface area contributed by atoms with Gasteiger partial charge in [-0.25, -0.2) is 9.97 Å². The number of aromatic nitrogens is 2. The molecule has 0 aliphatic heterocycles. The maximum absolute atomic E-state index is 12.0. The Morgan fingerprint density at radius 2 is 1.87 bits per heavy atom. The Morgan fingerprint density at radius 1 is 1.27 bits per heavy atom. The summed E-state index contributed by atoms with van der Waals surface area (Å²) in [5, 5.41) is 3.03. The van der Waals surface area contributed by atoms with E-state index < -0.39 is 12.6 Å². The average molecular weight is 219 g/mol. The van der Waals surface area contributed by atoms with Gasteiger partial charge in [0.1, 0.15) is 12.2 Å². The van der Waals surface area contributed by atoms with Crippen molar-refractivity contribution in [1.82, 2.24) is 15.3 Å². The molecule has 0 bridgehead atoms. The Kier molecular flexibility index (Phi) is 4.02. The van der Waals surface area contributed by atoms with Crippen molar-refractivity contribution in [1.29, 1.82) is 0 Å². The van der Waals surface area contributed by atoms with E-state index in [-0.39, 0.29) is 5.82 Å². The summed E-state index contributed by atoms with van der Waals surface area (Å²) < 4.78 is 35.9. The van der Waals surface area contributed by atoms with E-state index in [4.69, 9.17) is 0 Å². The van der Waals surface area contributed by atoms with Crippen LogP contribution in [0.15, 0.2) is 12.4 Å². The summed E-state index contributed by atoms with van der Waals surface area (Å²) in [5.74, 6) is -0.192. The van der Waals surface area contributed by atoms with Gasteiger partial charge in [0.15, 0.2) is 0 Å². The van der Waals surface area contributed by atoms with Crippen molar-refractivity contribution in [2.75, 3.05) is 6.54 Å². The predicted molar refractivity (Wildman–Crippen MR) is 49.2 cm³/mol. The largest absolute Gasteiger partial charge is 0.396 e. The lowest BCUT2D eigenvalue weighted by molar-refractivity contribution is -0.128. The second-order valence-electron chi connectivity index (χ2n) is 3.08. The molecule has 1 N–H and O–H groups in total. The number of hydrogen-bond donors (Lipinski definition) is 1. The first-order valence-electron chi connectivity index (χ1n) is 4.58. The van der Waals surface area contributed by atoms with E-state index in [9.17, 15) is 13.2 Å². The summed E-state index contributed by atoms with van der Waals surface area (Å²) in [4.78, 5) is 7.29. The van der Waals surface area contributed by atoms with Crippen molar-refractivity contribution < 1.29 is 13.2 Å². The minimum atomic E-state index is -4.25. The van der Waals surface area contributed by atoms with Crippen molar-refractivity contribution in [3.8, 4) is 0 Å². The van der Waals surface area contributed by atoms with Crippen LogP contribution in [-0.2, 0) is 13.0 Å². The highest BCUT2D eigenvalue weighted by Gasteiger charge is 2.29. The molecule has 84 valence electrons. The van der Waals surface area contributed by atoms with Gasteiger partial charge in [-0.3, -0.25) is 0 Å². The molecule has 1 aromatic heterocycles. The first-order chi connectivity index (χ1) is 7.01. The summed E-state index contributed by atoms with van der Waals surface area (Å²) in [6.07, 6.45) is -2.49. The van der Waals surface area contributed by atoms with Crippen LogP contribution in [0.4, 0.5) is 13.2 Å². The van der Waals surface area contributed by atoms with Gasteiger partial charge in [-0.05, 0) is 6.54 Å². The van der Waals surface area contributed by atoms with Crippen LogP contribution in [0.25, 0.3) is 0 Å². The zero-order valence-electron chi connectivity index (χ0n) is 8.30. The number of nitrogens with one attached hydrogen (secondary N) is 1. The van der Waals surface area contributed by atoms with Gasteiger partial charge in [0, 0.05) is 24.5 Å². The molecular weight excluding hydrogens is 207 g/mol. The molecular formula is C9H12F3N3. The molecule has 1 rings (SSSR count). The lowest BCUT2D eigenvalue weighted by Gasteiger charge is -2.05. The van der Waals surface area contributed by atoms with E-state index in [1.165, 1.54) is 12.4 Å². The molecule has 1 heterocycles. The van der Waals surface area contributed by atoms with Gasteiger partial charge in [0.2, 0.25) is 0 Å². The van der Waals surface area contributed by atoms with Crippen LogP contribution in [0, 0.1) is 0 Å². The molecule has 0 aliphatic carbocycles. The van der Waals surface area contributed by atoms with E-state index in [1.807, 2.05) is 6.92 Å². The molecule has 0 amide bonds. The molecule has 0 atom stereocenters. The van der Waals surface area contributed by atoms with Crippen molar-refractivity contribution >= 4 is 0 Å². The number of hydrogen-bond acceptors (Lipinski definition) is 3. The van der Waals surface area contributed by atoms with Gasteiger partial charge in [-0.2, -0.15) is 13.2 Å². The fourth-order valence-electron chi connectivity index (χ4n) is 1.01. The SMILES string of the molecule is CCNCc1cnc(CC(F)(F)F)nc1. The molecule has 0 fully saturated rings. The monoisotopic (exact) mass is 219 g/mol. The van der Waals surface area contributed by atoms with E-state index >= 15 is 0 Å². The Balaban J connectivity index is 2.56. The van der Waals surface area contributed by atoms with Gasteiger partial charge in [-0.15, -0.1) is 0 Å². The van der Waals surface area contributed by atoms with Gasteiger partial charge in [0.05, 0.1) is 0 Å². The zero-order valence-corrected chi connectivity index (χ0v) is 8.30. The van der Waals surface area contributed by atoms with Crippen LogP contribution in [0.5, 0.6) is 0 Å². The highest BCUT2D eigenvalue weighted by atomic mass is 19.4. The van der Waals surface area contributed by atoms with Crippen molar-refractivity contribution in [2.45, 2.75) is 26.1 Å². The second kappa shape index (κ2) is 5.06. The molecule has 0 spiro atoms. The Labute approximate surface area is 85.7 Å². The Bertz CT molecular complexity index is 294. The standard InChI is InChI=1S/C9H12F3N3/c1-2-13-4-7-5-14-8(15-6-7)3-9(10,11)12/h5-6,13H,2-4H2,1H3. The van der Waals surface area contributed by atoms with Gasteiger partial charge < -0.3 is 5.32 Å². The van der Waals surface area contributed by atoms with Crippen molar-refractivity contribution in [3.05, 3.63) is 23.8 Å². The quantitative estimate of drug-likeness (QED) is 0.837. The van der Waals surface area contributed by atoms with Gasteiger partial charge in [-0.1, -0.05) is 6.92 Å². The molecule has 3 nitrogen and oxygen atoms in total. The number of nitrogens with zero attached hydrogens (tertiary/aromatic N) is 2. The van der Waals surface area contributed by atoms with Crippen LogP contribution in [-0.4, -0.2) is 22.7 Å². The normalized spacial score (nSPS) is 11.7. The summed E-state index contributed by atoms with van der Waals surface area (Å²) in [7, 11) is 0. The molecule has 0 saturated carbocycles. The van der Waals surface area contributed by atoms with E-state index in [0.717, 1.165) is 12.1 Å². The fourth-order valence-corrected chi connectivity index (χ4v) is 1.01. The third-order valence-electron chi connectivity index (χ3n) is 1.70. The minimum absolute atomic E-state index is 0.192. The van der Waals surface area contributed by atoms with Crippen LogP contribution < -0.4 is 5.32 Å². The van der Waals surface area contributed by atoms with Gasteiger partial charge in [0.25, 0.3) is 0 Å². The van der Waals surface area contributed by atoms with Crippen LogP contribution in [0.2, 0.25) is 0 Å². The Morgan fingerprint density at radius 3 is 2.33 bits per heavy atom.